The molecule has 6 nitrogen and oxygen atoms in total. The van der Waals surface area contributed by atoms with Crippen molar-refractivity contribution in [2.75, 3.05) is 13.2 Å². The molecule has 17 heavy (non-hydrogen) atoms. The van der Waals surface area contributed by atoms with Crippen molar-refractivity contribution in [3.05, 3.63) is 0 Å². The highest BCUT2D eigenvalue weighted by Gasteiger charge is 2.18. The van der Waals surface area contributed by atoms with E-state index >= 15 is 0 Å². The third-order valence-corrected chi connectivity index (χ3v) is 2.39. The van der Waals surface area contributed by atoms with E-state index in [1.807, 2.05) is 0 Å². The molecular weight excluding hydrogens is 244 g/mol. The van der Waals surface area contributed by atoms with Crippen LogP contribution in [0.3, 0.4) is 0 Å². The van der Waals surface area contributed by atoms with Crippen LogP contribution < -0.4 is 0 Å². The van der Waals surface area contributed by atoms with Gasteiger partial charge in [0.05, 0.1) is 36.7 Å². The Kier molecular flexibility index (Phi) is 16.2. The molecule has 0 aromatic carbocycles. The summed E-state index contributed by atoms with van der Waals surface area (Å²) in [4.78, 5) is 0. The molecule has 0 amide bonds. The molecule has 108 valence electrons. The zero-order chi connectivity index (χ0) is 14.6. The first-order valence-corrected chi connectivity index (χ1v) is 6.47. The zero-order valence-electron chi connectivity index (χ0n) is 11.3. The van der Waals surface area contributed by atoms with Gasteiger partial charge in [-0.05, 0) is 27.7 Å². The van der Waals surface area contributed by atoms with Crippen LogP contribution in [0.4, 0.5) is 0 Å². The first-order chi connectivity index (χ1) is 7.48. The van der Waals surface area contributed by atoms with E-state index in [4.69, 9.17) is 30.6 Å². The maximum absolute atomic E-state index is 8.91. The van der Waals surface area contributed by atoms with E-state index in [9.17, 15) is 0 Å². The zero-order valence-corrected chi connectivity index (χ0v) is 13.3. The molecule has 0 saturated carbocycles. The van der Waals surface area contributed by atoms with Crippen LogP contribution in [0.2, 0.25) is 0 Å². The SMILES string of the molecule is CC(O)C(C)(O)[SiH3].CC(O)CO.CC(O)CO. The van der Waals surface area contributed by atoms with Gasteiger partial charge in [0.15, 0.2) is 0 Å². The Morgan fingerprint density at radius 2 is 1.06 bits per heavy atom. The van der Waals surface area contributed by atoms with Crippen molar-refractivity contribution >= 4 is 10.2 Å². The molecule has 0 aromatic rings. The lowest BCUT2D eigenvalue weighted by Crippen LogP contribution is -2.37. The van der Waals surface area contributed by atoms with Crippen LogP contribution in [-0.4, -0.2) is 77.6 Å². The smallest absolute Gasteiger partial charge is 0.0755 e. The van der Waals surface area contributed by atoms with Gasteiger partial charge in [0, 0.05) is 10.2 Å². The average Bonchev–Trinajstić information content (AvgIpc) is 2.18. The monoisotopic (exact) mass is 272 g/mol. The Hall–Kier alpha value is -0.0231. The first-order valence-electron chi connectivity index (χ1n) is 5.47. The van der Waals surface area contributed by atoms with E-state index in [1.54, 1.807) is 13.8 Å². The maximum Gasteiger partial charge on any atom is 0.0755 e. The lowest BCUT2D eigenvalue weighted by Gasteiger charge is -2.19. The van der Waals surface area contributed by atoms with Crippen molar-refractivity contribution < 1.29 is 30.6 Å². The van der Waals surface area contributed by atoms with Crippen LogP contribution in [0.5, 0.6) is 0 Å². The molecule has 0 spiro atoms. The Labute approximate surface area is 106 Å². The Morgan fingerprint density at radius 3 is 1.06 bits per heavy atom. The molecule has 4 atom stereocenters. The number of aliphatic hydroxyl groups is 6. The molecule has 0 aromatic heterocycles. The second-order valence-electron chi connectivity index (χ2n) is 4.39. The van der Waals surface area contributed by atoms with Crippen LogP contribution >= 0.6 is 0 Å². The fourth-order valence-corrected chi connectivity index (χ4v) is 0. The van der Waals surface area contributed by atoms with E-state index in [0.29, 0.717) is 10.2 Å². The van der Waals surface area contributed by atoms with Gasteiger partial charge in [0.25, 0.3) is 0 Å². The molecule has 4 unspecified atom stereocenters. The lowest BCUT2D eigenvalue weighted by atomic mass is 10.2. The summed E-state index contributed by atoms with van der Waals surface area (Å²) in [7, 11) is 0.618. The summed E-state index contributed by atoms with van der Waals surface area (Å²) in [5.41, 5.74) is 0. The van der Waals surface area contributed by atoms with Crippen molar-refractivity contribution in [3.63, 3.8) is 0 Å². The summed E-state index contributed by atoms with van der Waals surface area (Å²) in [6, 6.07) is 0. The topological polar surface area (TPSA) is 121 Å². The summed E-state index contributed by atoms with van der Waals surface area (Å²) < 4.78 is 0. The minimum absolute atomic E-state index is 0.139. The standard InChI is InChI=1S/C4H12O2Si.2C3H8O2/c1-3(5)4(2,6)7;2*1-3(5)2-4/h3,5-6H,1-2,7H3;2*3-5H,2H2,1H3. The summed E-state index contributed by atoms with van der Waals surface area (Å²) in [6.07, 6.45) is -1.70. The molecule has 6 N–H and O–H groups in total. The molecule has 7 heteroatoms. The second-order valence-corrected chi connectivity index (χ2v) is 6.42. The fraction of sp³-hybridized carbons (Fsp3) is 1.00. The third kappa shape index (κ3) is 31.4. The Balaban J connectivity index is -0.000000177. The largest absolute Gasteiger partial charge is 0.394 e. The highest BCUT2D eigenvalue weighted by molar-refractivity contribution is 6.14. The van der Waals surface area contributed by atoms with Crippen LogP contribution in [0.1, 0.15) is 27.7 Å². The molecule has 0 fully saturated rings. The number of hydrogen-bond acceptors (Lipinski definition) is 6. The van der Waals surface area contributed by atoms with E-state index in [0.717, 1.165) is 0 Å². The van der Waals surface area contributed by atoms with E-state index in [-0.39, 0.29) is 13.2 Å². The van der Waals surface area contributed by atoms with Crippen LogP contribution in [-0.2, 0) is 0 Å². The molecular formula is C10H28O6Si. The summed E-state index contributed by atoms with van der Waals surface area (Å²) in [6.45, 7) is 6.00. The third-order valence-electron chi connectivity index (χ3n) is 1.55. The highest BCUT2D eigenvalue weighted by Crippen LogP contribution is 2.00. The maximum atomic E-state index is 8.91. The molecule has 0 aliphatic rings. The number of hydrogen-bond donors (Lipinski definition) is 6. The van der Waals surface area contributed by atoms with Gasteiger partial charge in [0.2, 0.25) is 0 Å². The van der Waals surface area contributed by atoms with Gasteiger partial charge < -0.3 is 30.6 Å². The summed E-state index contributed by atoms with van der Waals surface area (Å²) in [5.74, 6) is 0. The second kappa shape index (κ2) is 12.4. The van der Waals surface area contributed by atoms with E-state index in [1.165, 1.54) is 13.8 Å². The highest BCUT2D eigenvalue weighted by atomic mass is 28.1. The molecule has 0 radical (unpaired) electrons. The molecule has 0 aliphatic heterocycles. The van der Waals surface area contributed by atoms with Crippen molar-refractivity contribution in [3.8, 4) is 0 Å². The first kappa shape index (κ1) is 22.2. The van der Waals surface area contributed by atoms with Gasteiger partial charge in [-0.2, -0.15) is 0 Å². The molecule has 0 saturated heterocycles. The van der Waals surface area contributed by atoms with Crippen LogP contribution in [0, 0.1) is 0 Å². The number of rotatable bonds is 3. The molecule has 0 bridgehead atoms. The fourth-order valence-electron chi connectivity index (χ4n) is 0. The van der Waals surface area contributed by atoms with E-state index < -0.39 is 23.5 Å². The summed E-state index contributed by atoms with van der Waals surface area (Å²) >= 11 is 0. The van der Waals surface area contributed by atoms with E-state index in [2.05, 4.69) is 0 Å². The van der Waals surface area contributed by atoms with Crippen molar-refractivity contribution in [2.24, 2.45) is 0 Å². The normalized spacial score (nSPS) is 18.7. The molecule has 0 heterocycles. The van der Waals surface area contributed by atoms with Crippen molar-refractivity contribution in [1.82, 2.24) is 0 Å². The minimum atomic E-state index is -0.806. The number of aliphatic hydroxyl groups excluding tert-OH is 5. The Morgan fingerprint density at radius 1 is 0.941 bits per heavy atom. The quantitative estimate of drug-likeness (QED) is 0.308. The Bertz CT molecular complexity index is 136. The molecule has 0 aliphatic carbocycles. The van der Waals surface area contributed by atoms with Crippen LogP contribution in [0.15, 0.2) is 0 Å². The van der Waals surface area contributed by atoms with Crippen LogP contribution in [0.25, 0.3) is 0 Å². The lowest BCUT2D eigenvalue weighted by molar-refractivity contribution is 0.0108. The van der Waals surface area contributed by atoms with Crippen molar-refractivity contribution in [1.29, 1.82) is 0 Å². The predicted octanol–water partition coefficient (Wildman–Crippen LogP) is -2.84. The molecule has 0 rings (SSSR count). The van der Waals surface area contributed by atoms with Gasteiger partial charge in [-0.3, -0.25) is 0 Å². The van der Waals surface area contributed by atoms with Gasteiger partial charge in [-0.25, -0.2) is 0 Å². The predicted molar refractivity (Wildman–Crippen MR) is 69.8 cm³/mol. The van der Waals surface area contributed by atoms with Gasteiger partial charge in [-0.15, -0.1) is 0 Å². The van der Waals surface area contributed by atoms with Crippen molar-refractivity contribution in [2.45, 2.75) is 51.2 Å². The van der Waals surface area contributed by atoms with Gasteiger partial charge >= 0.3 is 0 Å². The summed E-state index contributed by atoms with van der Waals surface area (Å²) in [5, 5.41) is 48.8. The minimum Gasteiger partial charge on any atom is -0.394 e. The average molecular weight is 272 g/mol. The van der Waals surface area contributed by atoms with Gasteiger partial charge in [0.1, 0.15) is 0 Å². The van der Waals surface area contributed by atoms with Gasteiger partial charge in [-0.1, -0.05) is 0 Å².